The van der Waals surface area contributed by atoms with Crippen LogP contribution in [0.5, 0.6) is 0 Å². The third-order valence-corrected chi connectivity index (χ3v) is 2.84. The monoisotopic (exact) mass is 247 g/mol. The molecular formula is C13H17N3O2. The number of rotatable bonds is 5. The van der Waals surface area contributed by atoms with Crippen molar-refractivity contribution in [2.24, 2.45) is 0 Å². The Balaban J connectivity index is 2.05. The van der Waals surface area contributed by atoms with Crippen LogP contribution in [0.15, 0.2) is 23.0 Å². The van der Waals surface area contributed by atoms with E-state index in [0.717, 1.165) is 19.3 Å². The van der Waals surface area contributed by atoms with Crippen molar-refractivity contribution in [2.45, 2.75) is 26.2 Å². The summed E-state index contributed by atoms with van der Waals surface area (Å²) >= 11 is 0. The van der Waals surface area contributed by atoms with Gasteiger partial charge in [0.15, 0.2) is 0 Å². The summed E-state index contributed by atoms with van der Waals surface area (Å²) in [4.78, 5) is 28.2. The van der Waals surface area contributed by atoms with Gasteiger partial charge in [0.25, 0.3) is 5.91 Å². The summed E-state index contributed by atoms with van der Waals surface area (Å²) in [5.74, 6) is -0.102. The molecule has 0 aliphatic heterocycles. The third-order valence-electron chi connectivity index (χ3n) is 2.84. The quantitative estimate of drug-likeness (QED) is 0.704. The molecule has 0 fully saturated rings. The number of imidazole rings is 1. The number of amides is 1. The Labute approximate surface area is 105 Å². The normalized spacial score (nSPS) is 10.7. The smallest absolute Gasteiger partial charge is 0.323 e. The van der Waals surface area contributed by atoms with Crippen LogP contribution in [0.3, 0.4) is 0 Å². The number of carbonyl (C=O) groups is 1. The van der Waals surface area contributed by atoms with Crippen LogP contribution in [0, 0.1) is 0 Å². The number of carbonyl (C=O) groups excluding carboxylic acids is 1. The molecule has 1 amide bonds. The minimum atomic E-state index is -0.259. The average Bonchev–Trinajstić information content (AvgIpc) is 2.73. The molecule has 96 valence electrons. The molecule has 2 rings (SSSR count). The first-order valence-corrected chi connectivity index (χ1v) is 6.21. The van der Waals surface area contributed by atoms with E-state index in [0.29, 0.717) is 23.1 Å². The molecule has 0 radical (unpaired) electrons. The molecule has 1 heterocycles. The summed E-state index contributed by atoms with van der Waals surface area (Å²) in [6.45, 7) is 2.81. The van der Waals surface area contributed by atoms with Crippen LogP contribution in [-0.2, 0) is 0 Å². The van der Waals surface area contributed by atoms with Gasteiger partial charge in [-0.3, -0.25) is 4.79 Å². The first-order valence-electron chi connectivity index (χ1n) is 6.21. The topological polar surface area (TPSA) is 77.8 Å². The van der Waals surface area contributed by atoms with E-state index in [1.165, 1.54) is 0 Å². The van der Waals surface area contributed by atoms with E-state index in [9.17, 15) is 9.59 Å². The molecule has 0 saturated heterocycles. The zero-order valence-electron chi connectivity index (χ0n) is 10.4. The van der Waals surface area contributed by atoms with Gasteiger partial charge in [0, 0.05) is 12.1 Å². The minimum absolute atomic E-state index is 0.102. The van der Waals surface area contributed by atoms with Crippen LogP contribution in [-0.4, -0.2) is 22.4 Å². The number of hydrogen-bond acceptors (Lipinski definition) is 2. The van der Waals surface area contributed by atoms with Gasteiger partial charge < -0.3 is 15.3 Å². The SMILES string of the molecule is CCCCCNC(=O)c1ccc2[nH]c(=O)[nH]c2c1. The molecule has 3 N–H and O–H groups in total. The number of H-pyrrole nitrogens is 2. The average molecular weight is 247 g/mol. The Morgan fingerprint density at radius 3 is 2.78 bits per heavy atom. The highest BCUT2D eigenvalue weighted by atomic mass is 16.1. The first-order chi connectivity index (χ1) is 8.70. The van der Waals surface area contributed by atoms with Gasteiger partial charge in [-0.1, -0.05) is 19.8 Å². The second kappa shape index (κ2) is 5.53. The maximum Gasteiger partial charge on any atom is 0.323 e. The molecule has 0 atom stereocenters. The highest BCUT2D eigenvalue weighted by molar-refractivity contribution is 5.97. The van der Waals surface area contributed by atoms with E-state index < -0.39 is 0 Å². The van der Waals surface area contributed by atoms with Crippen LogP contribution in [0.25, 0.3) is 11.0 Å². The van der Waals surface area contributed by atoms with Gasteiger partial charge in [-0.2, -0.15) is 0 Å². The largest absolute Gasteiger partial charge is 0.352 e. The highest BCUT2D eigenvalue weighted by Crippen LogP contribution is 2.10. The van der Waals surface area contributed by atoms with Crippen molar-refractivity contribution in [1.82, 2.24) is 15.3 Å². The van der Waals surface area contributed by atoms with Gasteiger partial charge >= 0.3 is 5.69 Å². The lowest BCUT2D eigenvalue weighted by molar-refractivity contribution is 0.0953. The minimum Gasteiger partial charge on any atom is -0.352 e. The number of aromatic nitrogens is 2. The number of unbranched alkanes of at least 4 members (excludes halogenated alkanes) is 2. The van der Waals surface area contributed by atoms with Crippen LogP contribution in [0.4, 0.5) is 0 Å². The van der Waals surface area contributed by atoms with Crippen molar-refractivity contribution in [1.29, 1.82) is 0 Å². The second-order valence-corrected chi connectivity index (χ2v) is 4.30. The Morgan fingerprint density at radius 2 is 2.00 bits per heavy atom. The number of nitrogens with one attached hydrogen (secondary N) is 3. The van der Waals surface area contributed by atoms with Gasteiger partial charge in [-0.15, -0.1) is 0 Å². The van der Waals surface area contributed by atoms with Crippen molar-refractivity contribution in [3.8, 4) is 0 Å². The van der Waals surface area contributed by atoms with E-state index in [1.807, 2.05) is 0 Å². The van der Waals surface area contributed by atoms with E-state index in [2.05, 4.69) is 22.2 Å². The molecule has 5 heteroatoms. The van der Waals surface area contributed by atoms with Crippen molar-refractivity contribution < 1.29 is 4.79 Å². The molecule has 0 unspecified atom stereocenters. The zero-order valence-corrected chi connectivity index (χ0v) is 10.4. The molecule has 0 bridgehead atoms. The Bertz CT molecular complexity index is 598. The summed E-state index contributed by atoms with van der Waals surface area (Å²) in [7, 11) is 0. The first kappa shape index (κ1) is 12.4. The second-order valence-electron chi connectivity index (χ2n) is 4.30. The molecule has 2 aromatic rings. The van der Waals surface area contributed by atoms with E-state index in [-0.39, 0.29) is 11.6 Å². The summed E-state index contributed by atoms with van der Waals surface area (Å²) in [5, 5.41) is 2.86. The predicted octanol–water partition coefficient (Wildman–Crippen LogP) is 1.78. The van der Waals surface area contributed by atoms with Crippen molar-refractivity contribution >= 4 is 16.9 Å². The lowest BCUT2D eigenvalue weighted by Gasteiger charge is -2.04. The van der Waals surface area contributed by atoms with Gasteiger partial charge in [0.05, 0.1) is 11.0 Å². The highest BCUT2D eigenvalue weighted by Gasteiger charge is 2.06. The zero-order chi connectivity index (χ0) is 13.0. The maximum absolute atomic E-state index is 11.8. The van der Waals surface area contributed by atoms with Gasteiger partial charge in [0.1, 0.15) is 0 Å². The van der Waals surface area contributed by atoms with Gasteiger partial charge in [-0.05, 0) is 24.6 Å². The molecule has 0 aliphatic rings. The molecule has 18 heavy (non-hydrogen) atoms. The summed E-state index contributed by atoms with van der Waals surface area (Å²) in [6, 6.07) is 5.12. The fourth-order valence-electron chi connectivity index (χ4n) is 1.85. The fourth-order valence-corrected chi connectivity index (χ4v) is 1.85. The number of fused-ring (bicyclic) bond motifs is 1. The van der Waals surface area contributed by atoms with E-state index in [4.69, 9.17) is 0 Å². The molecule has 1 aromatic carbocycles. The number of benzene rings is 1. The van der Waals surface area contributed by atoms with Crippen LogP contribution < -0.4 is 11.0 Å². The molecule has 5 nitrogen and oxygen atoms in total. The summed E-state index contributed by atoms with van der Waals surface area (Å²) in [5.41, 5.74) is 1.67. The predicted molar refractivity (Wildman–Crippen MR) is 70.8 cm³/mol. The van der Waals surface area contributed by atoms with Crippen LogP contribution in [0.2, 0.25) is 0 Å². The lowest BCUT2D eigenvalue weighted by atomic mass is 10.2. The standard InChI is InChI=1S/C13H17N3O2/c1-2-3-4-7-14-12(17)9-5-6-10-11(8-9)16-13(18)15-10/h5-6,8H,2-4,7H2,1H3,(H,14,17)(H2,15,16,18). The maximum atomic E-state index is 11.8. The van der Waals surface area contributed by atoms with Crippen molar-refractivity contribution in [2.75, 3.05) is 6.54 Å². The molecule has 1 aromatic heterocycles. The third kappa shape index (κ3) is 2.80. The molecule has 0 aliphatic carbocycles. The Morgan fingerprint density at radius 1 is 1.22 bits per heavy atom. The van der Waals surface area contributed by atoms with Gasteiger partial charge in [-0.25, -0.2) is 4.79 Å². The van der Waals surface area contributed by atoms with Crippen LogP contribution in [0.1, 0.15) is 36.5 Å². The molecular weight excluding hydrogens is 230 g/mol. The van der Waals surface area contributed by atoms with Crippen molar-refractivity contribution in [3.05, 3.63) is 34.2 Å². The number of hydrogen-bond donors (Lipinski definition) is 3. The molecule has 0 saturated carbocycles. The Kier molecular flexibility index (Phi) is 3.82. The van der Waals surface area contributed by atoms with Gasteiger partial charge in [0.2, 0.25) is 0 Å². The number of aromatic amines is 2. The fraction of sp³-hybridized carbons (Fsp3) is 0.385. The van der Waals surface area contributed by atoms with E-state index >= 15 is 0 Å². The lowest BCUT2D eigenvalue weighted by Crippen LogP contribution is -2.24. The van der Waals surface area contributed by atoms with Crippen molar-refractivity contribution in [3.63, 3.8) is 0 Å². The molecule has 0 spiro atoms. The van der Waals surface area contributed by atoms with E-state index in [1.54, 1.807) is 18.2 Å². The summed E-state index contributed by atoms with van der Waals surface area (Å²) in [6.07, 6.45) is 3.24. The van der Waals surface area contributed by atoms with Crippen LogP contribution >= 0.6 is 0 Å². The summed E-state index contributed by atoms with van der Waals surface area (Å²) < 4.78 is 0. The Hall–Kier alpha value is -2.04.